The zero-order chi connectivity index (χ0) is 15.8. The second-order valence-corrected chi connectivity index (χ2v) is 9.39. The fourth-order valence-corrected chi connectivity index (χ4v) is 6.97. The molecule has 1 spiro atoms. The lowest BCUT2D eigenvalue weighted by molar-refractivity contribution is -0.0777. The molecule has 2 bridgehead atoms. The van der Waals surface area contributed by atoms with Crippen LogP contribution < -0.4 is 5.32 Å². The summed E-state index contributed by atoms with van der Waals surface area (Å²) in [6.07, 6.45) is 7.10. The van der Waals surface area contributed by atoms with Crippen LogP contribution in [0.25, 0.3) is 0 Å². The zero-order valence-electron chi connectivity index (χ0n) is 15.3. The molecule has 1 heterocycles. The van der Waals surface area contributed by atoms with Gasteiger partial charge in [-0.3, -0.25) is 4.90 Å². The van der Waals surface area contributed by atoms with Crippen molar-refractivity contribution >= 4 is 0 Å². The number of nitrogens with zero attached hydrogens (tertiary/aromatic N) is 1. The van der Waals surface area contributed by atoms with Crippen molar-refractivity contribution in [2.45, 2.75) is 65.8 Å². The van der Waals surface area contributed by atoms with E-state index in [1.54, 1.807) is 5.57 Å². The fourth-order valence-electron chi connectivity index (χ4n) is 6.97. The predicted molar refractivity (Wildman–Crippen MR) is 92.9 cm³/mol. The molecule has 4 rings (SSSR count). The van der Waals surface area contributed by atoms with E-state index in [9.17, 15) is 0 Å². The van der Waals surface area contributed by atoms with E-state index in [0.717, 1.165) is 12.0 Å². The van der Waals surface area contributed by atoms with Gasteiger partial charge in [-0.15, -0.1) is 0 Å². The van der Waals surface area contributed by atoms with Gasteiger partial charge in [-0.1, -0.05) is 31.9 Å². The van der Waals surface area contributed by atoms with Crippen molar-refractivity contribution in [3.8, 4) is 0 Å². The molecule has 3 aliphatic carbocycles. The third-order valence-electron chi connectivity index (χ3n) is 8.58. The van der Waals surface area contributed by atoms with Crippen LogP contribution in [0, 0.1) is 22.2 Å². The number of hydrogen-bond donors (Lipinski definition) is 1. The Morgan fingerprint density at radius 2 is 2.05 bits per heavy atom. The molecule has 5 atom stereocenters. The van der Waals surface area contributed by atoms with Gasteiger partial charge in [0, 0.05) is 31.1 Å². The molecule has 2 saturated carbocycles. The largest absolute Gasteiger partial charge is 0.318 e. The highest BCUT2D eigenvalue weighted by atomic mass is 15.3. The van der Waals surface area contributed by atoms with Crippen LogP contribution in [0.3, 0.4) is 0 Å². The average molecular weight is 303 g/mol. The van der Waals surface area contributed by atoms with Gasteiger partial charge in [0.1, 0.15) is 0 Å². The molecule has 4 aliphatic rings. The minimum absolute atomic E-state index is 0.470. The lowest BCUT2D eigenvalue weighted by atomic mass is 9.48. The Labute approximate surface area is 136 Å². The number of fused-ring (bicyclic) bond motifs is 1. The van der Waals surface area contributed by atoms with Crippen molar-refractivity contribution in [3.05, 3.63) is 11.1 Å². The van der Waals surface area contributed by atoms with Gasteiger partial charge in [0.25, 0.3) is 0 Å². The lowest BCUT2D eigenvalue weighted by Gasteiger charge is -2.57. The zero-order valence-corrected chi connectivity index (χ0v) is 15.3. The average Bonchev–Trinajstić information content (AvgIpc) is 3.07. The molecule has 1 aliphatic heterocycles. The Hall–Kier alpha value is -0.340. The van der Waals surface area contributed by atoms with Gasteiger partial charge in [0.15, 0.2) is 0 Å². The third kappa shape index (κ3) is 1.64. The number of likely N-dealkylation sites (N-methyl/N-ethyl adjacent to an activating group) is 1. The van der Waals surface area contributed by atoms with E-state index < -0.39 is 0 Å². The highest BCUT2D eigenvalue weighted by Crippen LogP contribution is 2.77. The number of rotatable bonds is 4. The monoisotopic (exact) mass is 302 g/mol. The van der Waals surface area contributed by atoms with E-state index in [0.29, 0.717) is 16.2 Å². The highest BCUT2D eigenvalue weighted by molar-refractivity contribution is 5.40. The first-order valence-electron chi connectivity index (χ1n) is 9.46. The summed E-state index contributed by atoms with van der Waals surface area (Å²) < 4.78 is 0. The molecular weight excluding hydrogens is 268 g/mol. The Bertz CT molecular complexity index is 520. The highest BCUT2D eigenvalue weighted by Gasteiger charge is 2.70. The molecule has 1 N–H and O–H groups in total. The van der Waals surface area contributed by atoms with Crippen molar-refractivity contribution in [2.75, 3.05) is 26.7 Å². The van der Waals surface area contributed by atoms with Gasteiger partial charge in [0.05, 0.1) is 0 Å². The van der Waals surface area contributed by atoms with Gasteiger partial charge in [-0.05, 0) is 62.8 Å². The summed E-state index contributed by atoms with van der Waals surface area (Å²) in [5.74, 6) is 0.882. The second-order valence-electron chi connectivity index (χ2n) is 9.39. The van der Waals surface area contributed by atoms with Gasteiger partial charge in [-0.25, -0.2) is 0 Å². The SMILES string of the molecule is CNCC1CN1CC12CCC(C)C3(CCC(C)=C3C1)C2(C)C. The topological polar surface area (TPSA) is 15.0 Å². The maximum atomic E-state index is 3.36. The lowest BCUT2D eigenvalue weighted by Crippen LogP contribution is -2.53. The van der Waals surface area contributed by atoms with Gasteiger partial charge in [-0.2, -0.15) is 0 Å². The number of allylic oxidation sites excluding steroid dienone is 2. The summed E-state index contributed by atoms with van der Waals surface area (Å²) in [6.45, 7) is 14.1. The molecular formula is C20H34N2. The van der Waals surface area contributed by atoms with Crippen LogP contribution in [-0.2, 0) is 0 Å². The fraction of sp³-hybridized carbons (Fsp3) is 0.900. The van der Waals surface area contributed by atoms with Crippen molar-refractivity contribution in [1.29, 1.82) is 0 Å². The first kappa shape index (κ1) is 15.2. The molecule has 0 aromatic rings. The maximum absolute atomic E-state index is 3.36. The normalized spacial score (nSPS) is 48.7. The Morgan fingerprint density at radius 3 is 2.77 bits per heavy atom. The minimum Gasteiger partial charge on any atom is -0.318 e. The van der Waals surface area contributed by atoms with Crippen LogP contribution in [0.2, 0.25) is 0 Å². The summed E-state index contributed by atoms with van der Waals surface area (Å²) in [5.41, 5.74) is 5.19. The summed E-state index contributed by atoms with van der Waals surface area (Å²) in [4.78, 5) is 2.75. The first-order valence-corrected chi connectivity index (χ1v) is 9.46. The Balaban J connectivity index is 1.68. The first-order chi connectivity index (χ1) is 10.4. The Morgan fingerprint density at radius 1 is 1.27 bits per heavy atom. The summed E-state index contributed by atoms with van der Waals surface area (Å²) in [7, 11) is 2.09. The Kier molecular flexibility index (Phi) is 3.18. The van der Waals surface area contributed by atoms with E-state index in [-0.39, 0.29) is 0 Å². The molecule has 2 heteroatoms. The van der Waals surface area contributed by atoms with Crippen molar-refractivity contribution in [2.24, 2.45) is 22.2 Å². The van der Waals surface area contributed by atoms with Crippen LogP contribution in [0.4, 0.5) is 0 Å². The van der Waals surface area contributed by atoms with Crippen LogP contribution in [-0.4, -0.2) is 37.6 Å². The molecule has 0 amide bonds. The summed E-state index contributed by atoms with van der Waals surface area (Å²) in [6, 6.07) is 0.806. The quantitative estimate of drug-likeness (QED) is 0.627. The number of nitrogens with one attached hydrogen (secondary N) is 1. The van der Waals surface area contributed by atoms with E-state index in [2.05, 4.69) is 45.0 Å². The number of hydrogen-bond acceptors (Lipinski definition) is 2. The molecule has 0 radical (unpaired) electrons. The van der Waals surface area contributed by atoms with E-state index in [4.69, 9.17) is 0 Å². The van der Waals surface area contributed by atoms with Crippen molar-refractivity contribution < 1.29 is 0 Å². The van der Waals surface area contributed by atoms with Crippen LogP contribution in [0.1, 0.15) is 59.8 Å². The van der Waals surface area contributed by atoms with Gasteiger partial charge >= 0.3 is 0 Å². The van der Waals surface area contributed by atoms with Crippen LogP contribution in [0.15, 0.2) is 11.1 Å². The second kappa shape index (κ2) is 4.60. The molecule has 1 saturated heterocycles. The summed E-state index contributed by atoms with van der Waals surface area (Å²) in [5, 5.41) is 3.36. The smallest absolute Gasteiger partial charge is 0.0348 e. The summed E-state index contributed by atoms with van der Waals surface area (Å²) >= 11 is 0. The molecule has 22 heavy (non-hydrogen) atoms. The van der Waals surface area contributed by atoms with Crippen molar-refractivity contribution in [3.63, 3.8) is 0 Å². The van der Waals surface area contributed by atoms with Gasteiger partial charge < -0.3 is 5.32 Å². The maximum Gasteiger partial charge on any atom is 0.0348 e. The molecule has 0 aromatic carbocycles. The molecule has 2 nitrogen and oxygen atoms in total. The van der Waals surface area contributed by atoms with Crippen molar-refractivity contribution in [1.82, 2.24) is 10.2 Å². The van der Waals surface area contributed by atoms with E-state index in [1.165, 1.54) is 51.7 Å². The molecule has 3 fully saturated rings. The predicted octanol–water partition coefficient (Wildman–Crippen LogP) is 3.83. The van der Waals surface area contributed by atoms with E-state index >= 15 is 0 Å². The third-order valence-corrected chi connectivity index (χ3v) is 8.58. The standard InChI is InChI=1S/C20H34N2/c1-14-6-9-20-15(2)7-8-19(10-17(14)20,18(20,3)4)13-22-12-16(22)11-21-5/h15-16,21H,6-13H2,1-5H3. The van der Waals surface area contributed by atoms with E-state index in [1.807, 2.05) is 5.57 Å². The molecule has 0 aromatic heterocycles. The minimum atomic E-state index is 0.470. The van der Waals surface area contributed by atoms with Crippen LogP contribution >= 0.6 is 0 Å². The van der Waals surface area contributed by atoms with Crippen LogP contribution in [0.5, 0.6) is 0 Å². The molecule has 124 valence electrons. The van der Waals surface area contributed by atoms with Gasteiger partial charge in [0.2, 0.25) is 0 Å². The molecule has 5 unspecified atom stereocenters.